The Kier molecular flexibility index (Phi) is 1.73. The van der Waals surface area contributed by atoms with Gasteiger partial charge in [0.1, 0.15) is 11.3 Å². The van der Waals surface area contributed by atoms with Crippen LogP contribution >= 0.6 is 0 Å². The van der Waals surface area contributed by atoms with E-state index in [-0.39, 0.29) is 0 Å². The molecule has 16 heavy (non-hydrogen) atoms. The summed E-state index contributed by atoms with van der Waals surface area (Å²) < 4.78 is 10.5. The number of fused-ring (bicyclic) bond motifs is 1. The Bertz CT molecular complexity index is 654. The quantitative estimate of drug-likeness (QED) is 0.630. The third-order valence-corrected chi connectivity index (χ3v) is 2.26. The van der Waals surface area contributed by atoms with Crippen molar-refractivity contribution in [3.63, 3.8) is 0 Å². The molecule has 0 fully saturated rings. The molecule has 0 atom stereocenters. The summed E-state index contributed by atoms with van der Waals surface area (Å²) in [5.41, 5.74) is 8.31. The van der Waals surface area contributed by atoms with Crippen LogP contribution in [0.4, 0.5) is 5.69 Å². The Morgan fingerprint density at radius 2 is 2.12 bits per heavy atom. The molecule has 0 aliphatic carbocycles. The molecule has 0 amide bonds. The van der Waals surface area contributed by atoms with Crippen LogP contribution in [0.25, 0.3) is 22.7 Å². The Balaban J connectivity index is 2.18. The van der Waals surface area contributed by atoms with Crippen molar-refractivity contribution >= 4 is 16.8 Å². The lowest BCUT2D eigenvalue weighted by molar-refractivity contribution is 0.397. The van der Waals surface area contributed by atoms with E-state index in [4.69, 9.17) is 14.7 Å². The van der Waals surface area contributed by atoms with Gasteiger partial charge in [-0.3, -0.25) is 0 Å². The molecule has 5 heteroatoms. The van der Waals surface area contributed by atoms with E-state index in [1.807, 2.05) is 6.92 Å². The Morgan fingerprint density at radius 1 is 1.25 bits per heavy atom. The molecular formula is C11H9N3O2. The van der Waals surface area contributed by atoms with E-state index in [9.17, 15) is 0 Å². The molecule has 2 heterocycles. The predicted molar refractivity (Wildman–Crippen MR) is 58.7 cm³/mol. The standard InChI is InChI=1S/C11H9N3O2/c1-6-4-9(14-16-6)11-13-8-5-7(12)2-3-10(8)15-11/h2-5H,12H2,1H3. The zero-order valence-electron chi connectivity index (χ0n) is 8.60. The lowest BCUT2D eigenvalue weighted by atomic mass is 10.3. The van der Waals surface area contributed by atoms with Crippen LogP contribution in [0.15, 0.2) is 33.2 Å². The van der Waals surface area contributed by atoms with Crippen molar-refractivity contribution in [1.29, 1.82) is 0 Å². The van der Waals surface area contributed by atoms with Gasteiger partial charge in [0.15, 0.2) is 11.3 Å². The fourth-order valence-corrected chi connectivity index (χ4v) is 1.52. The largest absolute Gasteiger partial charge is 0.435 e. The summed E-state index contributed by atoms with van der Waals surface area (Å²) >= 11 is 0. The smallest absolute Gasteiger partial charge is 0.249 e. The second-order valence-electron chi connectivity index (χ2n) is 3.57. The molecule has 0 radical (unpaired) electrons. The van der Waals surface area contributed by atoms with Crippen LogP contribution in [0, 0.1) is 6.92 Å². The zero-order chi connectivity index (χ0) is 11.1. The topological polar surface area (TPSA) is 78.1 Å². The van der Waals surface area contributed by atoms with Crippen LogP contribution in [-0.4, -0.2) is 10.1 Å². The fourth-order valence-electron chi connectivity index (χ4n) is 1.52. The highest BCUT2D eigenvalue weighted by Gasteiger charge is 2.11. The molecule has 3 rings (SSSR count). The average molecular weight is 215 g/mol. The molecule has 3 aromatic rings. The first-order valence-corrected chi connectivity index (χ1v) is 4.82. The molecule has 2 aromatic heterocycles. The normalized spacial score (nSPS) is 11.1. The molecule has 0 saturated carbocycles. The summed E-state index contributed by atoms with van der Waals surface area (Å²) in [6.45, 7) is 1.82. The SMILES string of the molecule is Cc1cc(-c2nc3cc(N)ccc3o2)no1. The summed E-state index contributed by atoms with van der Waals surface area (Å²) in [7, 11) is 0. The van der Waals surface area contributed by atoms with Crippen LogP contribution in [0.1, 0.15) is 5.76 Å². The molecule has 80 valence electrons. The minimum absolute atomic E-state index is 0.442. The first-order chi connectivity index (χ1) is 7.72. The van der Waals surface area contributed by atoms with Gasteiger partial charge in [0.05, 0.1) is 0 Å². The van der Waals surface area contributed by atoms with Crippen LogP contribution in [0.2, 0.25) is 0 Å². The highest BCUT2D eigenvalue weighted by Crippen LogP contribution is 2.24. The van der Waals surface area contributed by atoms with Crippen molar-refractivity contribution < 1.29 is 8.94 Å². The lowest BCUT2D eigenvalue weighted by Crippen LogP contribution is -1.82. The van der Waals surface area contributed by atoms with E-state index >= 15 is 0 Å². The van der Waals surface area contributed by atoms with Crippen molar-refractivity contribution in [2.24, 2.45) is 0 Å². The number of anilines is 1. The summed E-state index contributed by atoms with van der Waals surface area (Å²) in [4.78, 5) is 4.29. The monoisotopic (exact) mass is 215 g/mol. The van der Waals surface area contributed by atoms with Gasteiger partial charge in [-0.05, 0) is 25.1 Å². The molecule has 0 saturated heterocycles. The van der Waals surface area contributed by atoms with Gasteiger partial charge in [-0.1, -0.05) is 5.16 Å². The minimum Gasteiger partial charge on any atom is -0.435 e. The maximum absolute atomic E-state index is 5.66. The van der Waals surface area contributed by atoms with Gasteiger partial charge in [0.25, 0.3) is 0 Å². The number of nitrogens with two attached hydrogens (primary N) is 1. The third-order valence-electron chi connectivity index (χ3n) is 2.26. The van der Waals surface area contributed by atoms with E-state index in [0.717, 1.165) is 11.3 Å². The second kappa shape index (κ2) is 3.10. The summed E-state index contributed by atoms with van der Waals surface area (Å²) in [5.74, 6) is 1.16. The second-order valence-corrected chi connectivity index (χ2v) is 3.57. The van der Waals surface area contributed by atoms with Gasteiger partial charge >= 0.3 is 0 Å². The minimum atomic E-state index is 0.442. The van der Waals surface area contributed by atoms with Gasteiger partial charge in [0, 0.05) is 11.8 Å². The molecule has 0 aliphatic rings. The van der Waals surface area contributed by atoms with Crippen LogP contribution in [0.3, 0.4) is 0 Å². The maximum atomic E-state index is 5.66. The molecular weight excluding hydrogens is 206 g/mol. The third kappa shape index (κ3) is 1.33. The zero-order valence-corrected chi connectivity index (χ0v) is 8.60. The van der Waals surface area contributed by atoms with Crippen LogP contribution < -0.4 is 5.73 Å². The Labute approximate surface area is 90.9 Å². The number of aryl methyl sites for hydroxylation is 1. The summed E-state index contributed by atoms with van der Waals surface area (Å²) in [6, 6.07) is 7.09. The number of benzene rings is 1. The number of nitrogen functional groups attached to an aromatic ring is 1. The molecule has 0 bridgehead atoms. The van der Waals surface area contributed by atoms with Crippen molar-refractivity contribution in [2.45, 2.75) is 6.92 Å². The van der Waals surface area contributed by atoms with Gasteiger partial charge in [-0.15, -0.1) is 0 Å². The van der Waals surface area contributed by atoms with Gasteiger partial charge in [-0.25, -0.2) is 4.98 Å². The van der Waals surface area contributed by atoms with Crippen molar-refractivity contribution in [3.05, 3.63) is 30.0 Å². The summed E-state index contributed by atoms with van der Waals surface area (Å²) in [6.07, 6.45) is 0. The number of aromatic nitrogens is 2. The number of hydrogen-bond acceptors (Lipinski definition) is 5. The van der Waals surface area contributed by atoms with E-state index in [0.29, 0.717) is 22.9 Å². The van der Waals surface area contributed by atoms with Crippen molar-refractivity contribution in [1.82, 2.24) is 10.1 Å². The molecule has 1 aromatic carbocycles. The van der Waals surface area contributed by atoms with E-state index in [1.54, 1.807) is 24.3 Å². The predicted octanol–water partition coefficient (Wildman–Crippen LogP) is 2.37. The lowest BCUT2D eigenvalue weighted by Gasteiger charge is -1.88. The van der Waals surface area contributed by atoms with Crippen LogP contribution in [-0.2, 0) is 0 Å². The van der Waals surface area contributed by atoms with E-state index in [1.165, 1.54) is 0 Å². The first-order valence-electron chi connectivity index (χ1n) is 4.82. The number of oxazole rings is 1. The van der Waals surface area contributed by atoms with Gasteiger partial charge in [0.2, 0.25) is 5.89 Å². The molecule has 0 spiro atoms. The molecule has 0 unspecified atom stereocenters. The molecule has 5 nitrogen and oxygen atoms in total. The number of hydrogen-bond donors (Lipinski definition) is 1. The van der Waals surface area contributed by atoms with Crippen LogP contribution in [0.5, 0.6) is 0 Å². The van der Waals surface area contributed by atoms with Gasteiger partial charge < -0.3 is 14.7 Å². The maximum Gasteiger partial charge on any atom is 0.249 e. The van der Waals surface area contributed by atoms with Crippen molar-refractivity contribution in [2.75, 3.05) is 5.73 Å². The molecule has 0 aliphatic heterocycles. The number of nitrogens with zero attached hydrogens (tertiary/aromatic N) is 2. The van der Waals surface area contributed by atoms with E-state index < -0.39 is 0 Å². The summed E-state index contributed by atoms with van der Waals surface area (Å²) in [5, 5.41) is 3.84. The average Bonchev–Trinajstić information content (AvgIpc) is 2.83. The Morgan fingerprint density at radius 3 is 2.88 bits per heavy atom. The van der Waals surface area contributed by atoms with Crippen molar-refractivity contribution in [3.8, 4) is 11.6 Å². The number of rotatable bonds is 1. The first kappa shape index (κ1) is 8.96. The van der Waals surface area contributed by atoms with E-state index in [2.05, 4.69) is 10.1 Å². The Hall–Kier alpha value is -2.30. The van der Waals surface area contributed by atoms with Gasteiger partial charge in [-0.2, -0.15) is 0 Å². The highest BCUT2D eigenvalue weighted by molar-refractivity contribution is 5.78. The molecule has 2 N–H and O–H groups in total. The fraction of sp³-hybridized carbons (Fsp3) is 0.0909. The highest BCUT2D eigenvalue weighted by atomic mass is 16.5.